The van der Waals surface area contributed by atoms with Crippen molar-refractivity contribution in [3.8, 4) is 0 Å². The second kappa shape index (κ2) is 7.83. The average molecular weight is 415 g/mol. The second-order valence-corrected chi connectivity index (χ2v) is 8.58. The summed E-state index contributed by atoms with van der Waals surface area (Å²) >= 11 is 1.19. The first-order valence-electron chi connectivity index (χ1n) is 8.14. The molecule has 2 aromatic carbocycles. The van der Waals surface area contributed by atoms with Gasteiger partial charge in [0, 0.05) is 11.3 Å². The molecular formula is C19H17N3O4S2. The second-order valence-electron chi connectivity index (χ2n) is 5.98. The predicted molar refractivity (Wildman–Crippen MR) is 109 cm³/mol. The first-order chi connectivity index (χ1) is 13.3. The number of anilines is 2. The molecule has 0 radical (unpaired) electrons. The molecule has 0 saturated heterocycles. The Labute approximate surface area is 166 Å². The van der Waals surface area contributed by atoms with Crippen molar-refractivity contribution in [2.45, 2.75) is 11.8 Å². The number of hydrogen-bond donors (Lipinski definition) is 3. The van der Waals surface area contributed by atoms with Crippen molar-refractivity contribution in [3.05, 3.63) is 76.7 Å². The van der Waals surface area contributed by atoms with Gasteiger partial charge >= 0.3 is 0 Å². The van der Waals surface area contributed by atoms with Gasteiger partial charge in [-0.25, -0.2) is 8.42 Å². The summed E-state index contributed by atoms with van der Waals surface area (Å²) in [6, 6.07) is 14.0. The van der Waals surface area contributed by atoms with Crippen LogP contribution in [0, 0.1) is 6.92 Å². The van der Waals surface area contributed by atoms with Crippen LogP contribution in [0.1, 0.15) is 26.3 Å². The molecule has 28 heavy (non-hydrogen) atoms. The van der Waals surface area contributed by atoms with E-state index >= 15 is 0 Å². The number of benzene rings is 2. The Morgan fingerprint density at radius 1 is 0.964 bits per heavy atom. The van der Waals surface area contributed by atoms with E-state index in [2.05, 4.69) is 10.0 Å². The molecule has 0 spiro atoms. The lowest BCUT2D eigenvalue weighted by Gasteiger charge is -2.09. The zero-order chi connectivity index (χ0) is 20.3. The molecule has 0 bridgehead atoms. The molecule has 4 N–H and O–H groups in total. The van der Waals surface area contributed by atoms with Gasteiger partial charge in [0.05, 0.1) is 10.5 Å². The van der Waals surface area contributed by atoms with Crippen molar-refractivity contribution in [2.75, 3.05) is 10.0 Å². The van der Waals surface area contributed by atoms with E-state index in [-0.39, 0.29) is 10.5 Å². The molecule has 0 aliphatic heterocycles. The van der Waals surface area contributed by atoms with E-state index in [1.54, 1.807) is 17.5 Å². The number of rotatable bonds is 6. The highest BCUT2D eigenvalue weighted by Gasteiger charge is 2.16. The highest BCUT2D eigenvalue weighted by molar-refractivity contribution is 7.92. The van der Waals surface area contributed by atoms with Crippen LogP contribution in [0.15, 0.2) is 64.9 Å². The third-order valence-electron chi connectivity index (χ3n) is 3.89. The third-order valence-corrected chi connectivity index (χ3v) is 6.12. The largest absolute Gasteiger partial charge is 0.366 e. The maximum atomic E-state index is 12.4. The van der Waals surface area contributed by atoms with Crippen LogP contribution in [0.5, 0.6) is 0 Å². The van der Waals surface area contributed by atoms with E-state index in [9.17, 15) is 18.0 Å². The molecular weight excluding hydrogens is 398 g/mol. The molecule has 2 amide bonds. The van der Waals surface area contributed by atoms with E-state index in [0.717, 1.165) is 5.56 Å². The SMILES string of the molecule is Cc1ccc(S(=O)(=O)Nc2ccc(C(=O)Nc3sccc3C(N)=O)cc2)cc1. The fourth-order valence-corrected chi connectivity index (χ4v) is 4.24. The highest BCUT2D eigenvalue weighted by Crippen LogP contribution is 2.24. The Morgan fingerprint density at radius 3 is 2.21 bits per heavy atom. The maximum absolute atomic E-state index is 12.4. The minimum Gasteiger partial charge on any atom is -0.366 e. The molecule has 9 heteroatoms. The van der Waals surface area contributed by atoms with Gasteiger partial charge in [-0.05, 0) is 54.8 Å². The minimum absolute atomic E-state index is 0.150. The minimum atomic E-state index is -3.72. The Balaban J connectivity index is 1.72. The monoisotopic (exact) mass is 415 g/mol. The van der Waals surface area contributed by atoms with Crippen LogP contribution in [0.2, 0.25) is 0 Å². The van der Waals surface area contributed by atoms with E-state index in [1.807, 2.05) is 6.92 Å². The Kier molecular flexibility index (Phi) is 5.48. The van der Waals surface area contributed by atoms with Crippen molar-refractivity contribution < 1.29 is 18.0 Å². The van der Waals surface area contributed by atoms with Crippen LogP contribution < -0.4 is 15.8 Å². The first-order valence-corrected chi connectivity index (χ1v) is 10.5. The van der Waals surface area contributed by atoms with Gasteiger partial charge in [-0.3, -0.25) is 14.3 Å². The predicted octanol–water partition coefficient (Wildman–Crippen LogP) is 3.21. The summed E-state index contributed by atoms with van der Waals surface area (Å²) in [6.45, 7) is 1.87. The molecule has 0 unspecified atom stereocenters. The van der Waals surface area contributed by atoms with Gasteiger partial charge in [-0.1, -0.05) is 17.7 Å². The number of amides is 2. The third kappa shape index (κ3) is 4.38. The van der Waals surface area contributed by atoms with Crippen molar-refractivity contribution in [2.24, 2.45) is 5.73 Å². The molecule has 0 saturated carbocycles. The Bertz CT molecular complexity index is 1120. The van der Waals surface area contributed by atoms with Gasteiger partial charge in [0.15, 0.2) is 0 Å². The van der Waals surface area contributed by atoms with Gasteiger partial charge in [0.2, 0.25) is 0 Å². The van der Waals surface area contributed by atoms with Gasteiger partial charge < -0.3 is 11.1 Å². The number of hydrogen-bond acceptors (Lipinski definition) is 5. The lowest BCUT2D eigenvalue weighted by molar-refractivity contribution is 0.100. The fourth-order valence-electron chi connectivity index (χ4n) is 2.40. The summed E-state index contributed by atoms with van der Waals surface area (Å²) in [6.07, 6.45) is 0. The van der Waals surface area contributed by atoms with Gasteiger partial charge in [-0.2, -0.15) is 0 Å². The van der Waals surface area contributed by atoms with Gasteiger partial charge in [0.1, 0.15) is 5.00 Å². The molecule has 144 valence electrons. The van der Waals surface area contributed by atoms with E-state index in [4.69, 9.17) is 5.73 Å². The van der Waals surface area contributed by atoms with Crippen LogP contribution in [-0.4, -0.2) is 20.2 Å². The zero-order valence-electron chi connectivity index (χ0n) is 14.8. The Morgan fingerprint density at radius 2 is 1.61 bits per heavy atom. The van der Waals surface area contributed by atoms with Crippen LogP contribution in [0.4, 0.5) is 10.7 Å². The van der Waals surface area contributed by atoms with Gasteiger partial charge in [0.25, 0.3) is 21.8 Å². The Hall–Kier alpha value is -3.17. The summed E-state index contributed by atoms with van der Waals surface area (Å²) in [7, 11) is -3.72. The van der Waals surface area contributed by atoms with Crippen LogP contribution in [-0.2, 0) is 10.0 Å². The van der Waals surface area contributed by atoms with Crippen molar-refractivity contribution >= 4 is 43.9 Å². The number of aryl methyl sites for hydroxylation is 1. The zero-order valence-corrected chi connectivity index (χ0v) is 16.4. The molecule has 1 aromatic heterocycles. The van der Waals surface area contributed by atoms with Crippen LogP contribution >= 0.6 is 11.3 Å². The average Bonchev–Trinajstić information content (AvgIpc) is 3.10. The molecule has 3 aromatic rings. The normalized spacial score (nSPS) is 11.0. The quantitative estimate of drug-likeness (QED) is 0.573. The standard InChI is InChI=1S/C19H17N3O4S2/c1-12-2-8-15(9-3-12)28(25,26)22-14-6-4-13(5-7-14)18(24)21-19-16(17(20)23)10-11-27-19/h2-11,22H,1H3,(H2,20,23)(H,21,24). The molecule has 3 rings (SSSR count). The number of primary amides is 1. The lowest BCUT2D eigenvalue weighted by atomic mass is 10.2. The number of carbonyl (C=O) groups is 2. The first kappa shape index (κ1) is 19.6. The summed E-state index contributed by atoms with van der Waals surface area (Å²) in [5.74, 6) is -1.06. The number of nitrogens with two attached hydrogens (primary N) is 1. The molecule has 0 aliphatic carbocycles. The maximum Gasteiger partial charge on any atom is 0.261 e. The molecule has 0 aliphatic rings. The number of sulfonamides is 1. The highest BCUT2D eigenvalue weighted by atomic mass is 32.2. The fraction of sp³-hybridized carbons (Fsp3) is 0.0526. The molecule has 0 atom stereocenters. The summed E-state index contributed by atoms with van der Waals surface area (Å²) < 4.78 is 27.3. The summed E-state index contributed by atoms with van der Waals surface area (Å²) in [5, 5.41) is 4.64. The number of thiophene rings is 1. The molecule has 7 nitrogen and oxygen atoms in total. The van der Waals surface area contributed by atoms with Crippen LogP contribution in [0.3, 0.4) is 0 Å². The summed E-state index contributed by atoms with van der Waals surface area (Å²) in [4.78, 5) is 23.8. The van der Waals surface area contributed by atoms with Crippen LogP contribution in [0.25, 0.3) is 0 Å². The lowest BCUT2D eigenvalue weighted by Crippen LogP contribution is -2.16. The van der Waals surface area contributed by atoms with Crippen molar-refractivity contribution in [1.82, 2.24) is 0 Å². The molecule has 0 fully saturated rings. The topological polar surface area (TPSA) is 118 Å². The van der Waals surface area contributed by atoms with Crippen molar-refractivity contribution in [1.29, 1.82) is 0 Å². The summed E-state index contributed by atoms with van der Waals surface area (Å²) in [5.41, 5.74) is 7.09. The van der Waals surface area contributed by atoms with E-state index < -0.39 is 21.8 Å². The molecule has 1 heterocycles. The number of nitrogens with one attached hydrogen (secondary N) is 2. The smallest absolute Gasteiger partial charge is 0.261 e. The number of carbonyl (C=O) groups excluding carboxylic acids is 2. The van der Waals surface area contributed by atoms with Crippen molar-refractivity contribution in [3.63, 3.8) is 0 Å². The van der Waals surface area contributed by atoms with E-state index in [1.165, 1.54) is 53.8 Å². The van der Waals surface area contributed by atoms with Gasteiger partial charge in [-0.15, -0.1) is 11.3 Å². The van der Waals surface area contributed by atoms with E-state index in [0.29, 0.717) is 16.3 Å².